The van der Waals surface area contributed by atoms with Crippen LogP contribution >= 0.6 is 0 Å². The van der Waals surface area contributed by atoms with Crippen molar-refractivity contribution in [1.29, 1.82) is 0 Å². The summed E-state index contributed by atoms with van der Waals surface area (Å²) in [5.41, 5.74) is 2.42. The number of nitrogens with zero attached hydrogens (tertiary/aromatic N) is 2. The Balaban J connectivity index is 1.76. The number of carbonyl (C=O) groups is 2. The average molecular weight is 333 g/mol. The first-order valence-corrected chi connectivity index (χ1v) is 7.47. The topological polar surface area (TPSA) is 96.0 Å². The molecule has 0 radical (unpaired) electrons. The Morgan fingerprint density at radius 1 is 0.920 bits per heavy atom. The van der Waals surface area contributed by atoms with Crippen molar-refractivity contribution in [1.82, 2.24) is 9.97 Å². The van der Waals surface area contributed by atoms with Gasteiger partial charge in [0.05, 0.1) is 17.2 Å². The predicted octanol–water partition coefficient (Wildman–Crippen LogP) is 3.40. The molecule has 25 heavy (non-hydrogen) atoms. The van der Waals surface area contributed by atoms with E-state index >= 15 is 0 Å². The van der Waals surface area contributed by atoms with Crippen LogP contribution in [0, 0.1) is 0 Å². The van der Waals surface area contributed by atoms with Crippen LogP contribution in [0.2, 0.25) is 0 Å². The molecule has 3 N–H and O–H groups in total. The number of anilines is 3. The first-order valence-electron chi connectivity index (χ1n) is 7.47. The number of rotatable bonds is 4. The van der Waals surface area contributed by atoms with E-state index in [1.54, 1.807) is 30.3 Å². The fraction of sp³-hybridized carbons (Fsp3) is 0. The number of hydrogen-bond acceptors (Lipinski definition) is 4. The molecule has 0 atom stereocenters. The van der Waals surface area contributed by atoms with Crippen LogP contribution in [0.1, 0.15) is 0 Å². The molecule has 0 aliphatic carbocycles. The predicted molar refractivity (Wildman–Crippen MR) is 97.4 cm³/mol. The highest BCUT2D eigenvalue weighted by atomic mass is 16.2. The van der Waals surface area contributed by atoms with Gasteiger partial charge in [-0.05, 0) is 36.4 Å². The minimum absolute atomic E-state index is 0.299. The van der Waals surface area contributed by atoms with Crippen molar-refractivity contribution >= 4 is 40.2 Å². The maximum absolute atomic E-state index is 12.0. The van der Waals surface area contributed by atoms with Crippen LogP contribution < -0.4 is 16.0 Å². The molecule has 0 saturated carbocycles. The molecule has 7 heteroatoms. The van der Waals surface area contributed by atoms with Gasteiger partial charge in [-0.2, -0.15) is 0 Å². The van der Waals surface area contributed by atoms with E-state index < -0.39 is 6.03 Å². The summed E-state index contributed by atoms with van der Waals surface area (Å²) >= 11 is 0. The first-order chi connectivity index (χ1) is 12.1. The van der Waals surface area contributed by atoms with Crippen molar-refractivity contribution in [3.05, 3.63) is 67.4 Å². The summed E-state index contributed by atoms with van der Waals surface area (Å²) in [5, 5.41) is 7.98. The van der Waals surface area contributed by atoms with E-state index in [2.05, 4.69) is 32.5 Å². The van der Waals surface area contributed by atoms with Gasteiger partial charge in [-0.3, -0.25) is 15.1 Å². The van der Waals surface area contributed by atoms with E-state index in [1.807, 2.05) is 18.2 Å². The quantitative estimate of drug-likeness (QED) is 0.638. The Morgan fingerprint density at radius 3 is 2.48 bits per heavy atom. The molecule has 0 fully saturated rings. The zero-order chi connectivity index (χ0) is 17.6. The summed E-state index contributed by atoms with van der Waals surface area (Å²) in [7, 11) is 0. The summed E-state index contributed by atoms with van der Waals surface area (Å²) in [5.74, 6) is -0.0167. The van der Waals surface area contributed by atoms with Crippen LogP contribution in [0.4, 0.5) is 22.0 Å². The molecule has 3 amide bonds. The smallest absolute Gasteiger partial charge is 0.322 e. The maximum Gasteiger partial charge on any atom is 0.324 e. The van der Waals surface area contributed by atoms with Gasteiger partial charge in [0.15, 0.2) is 5.82 Å². The third-order valence-corrected chi connectivity index (χ3v) is 3.27. The number of hydrogen-bond donors (Lipinski definition) is 3. The number of nitrogens with one attached hydrogen (secondary N) is 3. The number of carbonyl (C=O) groups excluding carboxylic acids is 2. The number of urea groups is 1. The van der Waals surface area contributed by atoms with Gasteiger partial charge in [0, 0.05) is 11.4 Å². The Morgan fingerprint density at radius 2 is 1.72 bits per heavy atom. The lowest BCUT2D eigenvalue weighted by atomic mass is 10.2. The molecule has 7 nitrogen and oxygen atoms in total. The number of aromatic nitrogens is 2. The van der Waals surface area contributed by atoms with Crippen molar-refractivity contribution in [2.24, 2.45) is 0 Å². The summed E-state index contributed by atoms with van der Waals surface area (Å²) in [6.45, 7) is 3.41. The lowest BCUT2D eigenvalue weighted by Gasteiger charge is -2.08. The molecule has 124 valence electrons. The molecule has 0 unspecified atom stereocenters. The lowest BCUT2D eigenvalue weighted by Crippen LogP contribution is -2.20. The van der Waals surface area contributed by atoms with Crippen LogP contribution in [-0.2, 0) is 4.79 Å². The number of amides is 3. The summed E-state index contributed by atoms with van der Waals surface area (Å²) in [6.07, 6.45) is 2.65. The lowest BCUT2D eigenvalue weighted by molar-refractivity contribution is -0.111. The third kappa shape index (κ3) is 4.17. The molecular formula is C18H15N5O2. The first kappa shape index (κ1) is 16.1. The second-order valence-corrected chi connectivity index (χ2v) is 5.10. The summed E-state index contributed by atoms with van der Waals surface area (Å²) < 4.78 is 0. The molecule has 3 rings (SSSR count). The molecule has 1 aromatic heterocycles. The SMILES string of the molecule is C=CC(=O)Nc1ccc2ncc(NC(=O)Nc3ccccc3)nc2c1. The Bertz CT molecular complexity index is 941. The number of benzene rings is 2. The zero-order valence-electron chi connectivity index (χ0n) is 13.2. The van der Waals surface area contributed by atoms with E-state index in [0.29, 0.717) is 28.2 Å². The van der Waals surface area contributed by atoms with E-state index in [4.69, 9.17) is 0 Å². The van der Waals surface area contributed by atoms with Crippen LogP contribution in [0.3, 0.4) is 0 Å². The van der Waals surface area contributed by atoms with E-state index in [1.165, 1.54) is 12.3 Å². The van der Waals surface area contributed by atoms with Crippen molar-refractivity contribution in [3.8, 4) is 0 Å². The highest BCUT2D eigenvalue weighted by Gasteiger charge is 2.06. The molecule has 1 heterocycles. The van der Waals surface area contributed by atoms with Crippen LogP contribution in [0.25, 0.3) is 11.0 Å². The highest BCUT2D eigenvalue weighted by molar-refractivity contribution is 6.01. The largest absolute Gasteiger partial charge is 0.324 e. The average Bonchev–Trinajstić information content (AvgIpc) is 2.62. The highest BCUT2D eigenvalue weighted by Crippen LogP contribution is 2.18. The van der Waals surface area contributed by atoms with Gasteiger partial charge in [-0.25, -0.2) is 9.78 Å². The van der Waals surface area contributed by atoms with Gasteiger partial charge < -0.3 is 10.6 Å². The fourth-order valence-corrected chi connectivity index (χ4v) is 2.14. The van der Waals surface area contributed by atoms with Crippen LogP contribution in [0.5, 0.6) is 0 Å². The summed E-state index contributed by atoms with van der Waals surface area (Å²) in [4.78, 5) is 32.0. The van der Waals surface area contributed by atoms with Gasteiger partial charge in [0.1, 0.15) is 0 Å². The van der Waals surface area contributed by atoms with Crippen molar-refractivity contribution in [3.63, 3.8) is 0 Å². The Labute approximate surface area is 143 Å². The van der Waals surface area contributed by atoms with Gasteiger partial charge >= 0.3 is 6.03 Å². The van der Waals surface area contributed by atoms with E-state index in [-0.39, 0.29) is 5.91 Å². The minimum atomic E-state index is -0.420. The van der Waals surface area contributed by atoms with Gasteiger partial charge in [0.2, 0.25) is 5.91 Å². The van der Waals surface area contributed by atoms with E-state index in [9.17, 15) is 9.59 Å². The normalized spacial score (nSPS) is 10.1. The second kappa shape index (κ2) is 7.22. The monoisotopic (exact) mass is 333 g/mol. The molecule has 0 bridgehead atoms. The minimum Gasteiger partial charge on any atom is -0.322 e. The molecule has 0 spiro atoms. The van der Waals surface area contributed by atoms with Crippen LogP contribution in [-0.4, -0.2) is 21.9 Å². The molecular weight excluding hydrogens is 318 g/mol. The van der Waals surface area contributed by atoms with Gasteiger partial charge in [-0.1, -0.05) is 24.8 Å². The summed E-state index contributed by atoms with van der Waals surface area (Å²) in [6, 6.07) is 13.8. The molecule has 0 saturated heterocycles. The fourth-order valence-electron chi connectivity index (χ4n) is 2.14. The van der Waals surface area contributed by atoms with Gasteiger partial charge in [0.25, 0.3) is 0 Å². The van der Waals surface area contributed by atoms with Crippen molar-refractivity contribution < 1.29 is 9.59 Å². The van der Waals surface area contributed by atoms with Gasteiger partial charge in [-0.15, -0.1) is 0 Å². The van der Waals surface area contributed by atoms with E-state index in [0.717, 1.165) is 0 Å². The third-order valence-electron chi connectivity index (χ3n) is 3.27. The molecule has 2 aromatic carbocycles. The molecule has 0 aliphatic heterocycles. The zero-order valence-corrected chi connectivity index (χ0v) is 13.2. The molecule has 3 aromatic rings. The molecule has 0 aliphatic rings. The Kier molecular flexibility index (Phi) is 4.66. The number of fused-ring (bicyclic) bond motifs is 1. The van der Waals surface area contributed by atoms with Crippen LogP contribution in [0.15, 0.2) is 67.4 Å². The standard InChI is InChI=1S/C18H15N5O2/c1-2-17(24)20-13-8-9-14-15(10-13)22-16(11-19-14)23-18(25)21-12-6-4-3-5-7-12/h2-11H,1H2,(H,20,24)(H2,21,22,23,25). The maximum atomic E-state index is 12.0. The Hall–Kier alpha value is -3.74. The van der Waals surface area contributed by atoms with Crippen molar-refractivity contribution in [2.75, 3.05) is 16.0 Å². The number of para-hydroxylation sites is 1. The van der Waals surface area contributed by atoms with Crippen molar-refractivity contribution in [2.45, 2.75) is 0 Å². The second-order valence-electron chi connectivity index (χ2n) is 5.10.